The van der Waals surface area contributed by atoms with Crippen molar-refractivity contribution < 1.29 is 4.79 Å². The van der Waals surface area contributed by atoms with Gasteiger partial charge in [-0.1, -0.05) is 6.07 Å². The van der Waals surface area contributed by atoms with Crippen molar-refractivity contribution in [3.63, 3.8) is 0 Å². The van der Waals surface area contributed by atoms with Gasteiger partial charge < -0.3 is 14.8 Å². The SMILES string of the molecule is CN1Cc2cc(-c3cc4n(c(=O)c3)C[C@@H]3CNC[C@H]4C3)ccc2C1=O.Cl. The summed E-state index contributed by atoms with van der Waals surface area (Å²) in [5, 5.41) is 3.49. The molecule has 136 valence electrons. The van der Waals surface area contributed by atoms with Crippen LogP contribution in [0.4, 0.5) is 0 Å². The van der Waals surface area contributed by atoms with Gasteiger partial charge in [0.05, 0.1) is 0 Å². The number of hydrogen-bond donors (Lipinski definition) is 1. The summed E-state index contributed by atoms with van der Waals surface area (Å²) in [4.78, 5) is 26.5. The highest BCUT2D eigenvalue weighted by molar-refractivity contribution is 5.98. The summed E-state index contributed by atoms with van der Waals surface area (Å²) < 4.78 is 1.97. The van der Waals surface area contributed by atoms with Crippen molar-refractivity contribution in [1.82, 2.24) is 14.8 Å². The maximum Gasteiger partial charge on any atom is 0.254 e. The van der Waals surface area contributed by atoms with E-state index in [4.69, 9.17) is 0 Å². The number of aromatic nitrogens is 1. The Morgan fingerprint density at radius 2 is 1.92 bits per heavy atom. The zero-order chi connectivity index (χ0) is 17.1. The van der Waals surface area contributed by atoms with E-state index in [0.717, 1.165) is 47.6 Å². The summed E-state index contributed by atoms with van der Waals surface area (Å²) in [7, 11) is 1.82. The molecule has 0 saturated carbocycles. The van der Waals surface area contributed by atoms with Gasteiger partial charge in [-0.3, -0.25) is 9.59 Å². The Labute approximate surface area is 158 Å². The summed E-state index contributed by atoms with van der Waals surface area (Å²) in [6, 6.07) is 9.85. The van der Waals surface area contributed by atoms with E-state index in [2.05, 4.69) is 17.4 Å². The van der Waals surface area contributed by atoms with Gasteiger partial charge in [-0.2, -0.15) is 0 Å². The van der Waals surface area contributed by atoms with Crippen LogP contribution in [0.3, 0.4) is 0 Å². The number of rotatable bonds is 1. The van der Waals surface area contributed by atoms with E-state index in [1.165, 1.54) is 6.42 Å². The standard InChI is InChI=1S/C20H21N3O2.ClH/c1-22-11-16-5-13(2-3-17(16)20(22)25)14-6-18-15-4-12(8-21-9-15)10-23(18)19(24)7-14;/h2-3,5-7,12,15,21H,4,8-11H2,1H3;1H/t12-,15+;/m0./s1. The molecule has 0 spiro atoms. The van der Waals surface area contributed by atoms with Crippen molar-refractivity contribution in [3.05, 3.63) is 57.5 Å². The maximum atomic E-state index is 12.7. The smallest absolute Gasteiger partial charge is 0.254 e. The molecule has 1 N–H and O–H groups in total. The fraction of sp³-hybridized carbons (Fsp3) is 0.400. The van der Waals surface area contributed by atoms with Gasteiger partial charge in [-0.15, -0.1) is 12.4 Å². The second-order valence-corrected chi connectivity index (χ2v) is 7.61. The van der Waals surface area contributed by atoms with Crippen LogP contribution in [0, 0.1) is 5.92 Å². The Morgan fingerprint density at radius 3 is 2.77 bits per heavy atom. The Balaban J connectivity index is 0.00000168. The molecule has 4 heterocycles. The number of nitrogens with one attached hydrogen (secondary N) is 1. The highest BCUT2D eigenvalue weighted by atomic mass is 35.5. The third-order valence-electron chi connectivity index (χ3n) is 5.88. The molecule has 1 aromatic heterocycles. The highest BCUT2D eigenvalue weighted by Crippen LogP contribution is 2.34. The molecule has 26 heavy (non-hydrogen) atoms. The van der Waals surface area contributed by atoms with Gasteiger partial charge in [-0.25, -0.2) is 0 Å². The zero-order valence-electron chi connectivity index (χ0n) is 14.7. The van der Waals surface area contributed by atoms with E-state index < -0.39 is 0 Å². The fourth-order valence-corrected chi connectivity index (χ4v) is 4.62. The largest absolute Gasteiger partial charge is 0.337 e. The van der Waals surface area contributed by atoms with Gasteiger partial charge in [0.1, 0.15) is 0 Å². The van der Waals surface area contributed by atoms with Crippen LogP contribution in [0.5, 0.6) is 0 Å². The van der Waals surface area contributed by atoms with Crippen LogP contribution in [0.15, 0.2) is 35.1 Å². The van der Waals surface area contributed by atoms with E-state index in [9.17, 15) is 9.59 Å². The number of pyridine rings is 1. The van der Waals surface area contributed by atoms with Gasteiger partial charge in [-0.05, 0) is 53.8 Å². The molecule has 1 fully saturated rings. The molecule has 3 aliphatic heterocycles. The number of benzene rings is 1. The van der Waals surface area contributed by atoms with E-state index in [1.807, 2.05) is 23.7 Å². The van der Waals surface area contributed by atoms with E-state index >= 15 is 0 Å². The molecule has 0 radical (unpaired) electrons. The first-order chi connectivity index (χ1) is 12.1. The second-order valence-electron chi connectivity index (χ2n) is 7.61. The molecular weight excluding hydrogens is 350 g/mol. The quantitative estimate of drug-likeness (QED) is 0.836. The van der Waals surface area contributed by atoms with E-state index in [1.54, 1.807) is 11.0 Å². The Morgan fingerprint density at radius 1 is 1.08 bits per heavy atom. The predicted molar refractivity (Wildman–Crippen MR) is 103 cm³/mol. The number of hydrogen-bond acceptors (Lipinski definition) is 3. The van der Waals surface area contributed by atoms with Gasteiger partial charge in [0.15, 0.2) is 0 Å². The zero-order valence-corrected chi connectivity index (χ0v) is 15.5. The first kappa shape index (κ1) is 17.3. The van der Waals surface area contributed by atoms with Crippen molar-refractivity contribution in [1.29, 1.82) is 0 Å². The summed E-state index contributed by atoms with van der Waals surface area (Å²) >= 11 is 0. The summed E-state index contributed by atoms with van der Waals surface area (Å²) in [5.41, 5.74) is 5.05. The lowest BCUT2D eigenvalue weighted by molar-refractivity contribution is 0.0816. The lowest BCUT2D eigenvalue weighted by atomic mass is 9.83. The lowest BCUT2D eigenvalue weighted by Crippen LogP contribution is -2.44. The van der Waals surface area contributed by atoms with Crippen molar-refractivity contribution in [2.24, 2.45) is 5.92 Å². The number of carbonyl (C=O) groups excluding carboxylic acids is 1. The minimum Gasteiger partial charge on any atom is -0.337 e. The van der Waals surface area contributed by atoms with Gasteiger partial charge in [0.2, 0.25) is 0 Å². The monoisotopic (exact) mass is 371 g/mol. The molecule has 1 aromatic carbocycles. The van der Waals surface area contributed by atoms with Crippen LogP contribution < -0.4 is 10.9 Å². The first-order valence-corrected chi connectivity index (χ1v) is 8.94. The molecule has 3 aliphatic rings. The molecule has 1 saturated heterocycles. The predicted octanol–water partition coefficient (Wildman–Crippen LogP) is 2.23. The Kier molecular flexibility index (Phi) is 4.16. The molecule has 6 heteroatoms. The van der Waals surface area contributed by atoms with Crippen LogP contribution in [-0.4, -0.2) is 35.5 Å². The van der Waals surface area contributed by atoms with Crippen LogP contribution >= 0.6 is 12.4 Å². The van der Waals surface area contributed by atoms with Crippen LogP contribution in [0.2, 0.25) is 0 Å². The van der Waals surface area contributed by atoms with Crippen molar-refractivity contribution in [2.45, 2.75) is 25.4 Å². The molecule has 2 bridgehead atoms. The molecule has 0 aliphatic carbocycles. The topological polar surface area (TPSA) is 54.3 Å². The minimum absolute atomic E-state index is 0. The Hall–Kier alpha value is -2.11. The number of halogens is 1. The molecule has 1 amide bonds. The normalized spacial score (nSPS) is 23.3. The van der Waals surface area contributed by atoms with Crippen LogP contribution in [0.25, 0.3) is 11.1 Å². The number of fused-ring (bicyclic) bond motifs is 5. The summed E-state index contributed by atoms with van der Waals surface area (Å²) in [6.07, 6.45) is 1.17. The average Bonchev–Trinajstić information content (AvgIpc) is 2.90. The van der Waals surface area contributed by atoms with Gasteiger partial charge in [0, 0.05) is 49.9 Å². The fourth-order valence-electron chi connectivity index (χ4n) is 4.62. The van der Waals surface area contributed by atoms with E-state index in [-0.39, 0.29) is 23.9 Å². The maximum absolute atomic E-state index is 12.7. The lowest BCUT2D eigenvalue weighted by Gasteiger charge is -2.37. The third-order valence-corrected chi connectivity index (χ3v) is 5.88. The molecule has 2 atom stereocenters. The molecule has 5 rings (SSSR count). The van der Waals surface area contributed by atoms with Crippen LogP contribution in [-0.2, 0) is 13.1 Å². The second kappa shape index (κ2) is 6.25. The van der Waals surface area contributed by atoms with Crippen molar-refractivity contribution >= 4 is 18.3 Å². The minimum atomic E-state index is 0. The highest BCUT2D eigenvalue weighted by Gasteiger charge is 2.31. The van der Waals surface area contributed by atoms with Gasteiger partial charge >= 0.3 is 0 Å². The average molecular weight is 372 g/mol. The van der Waals surface area contributed by atoms with Crippen LogP contribution in [0.1, 0.15) is 34.0 Å². The molecule has 5 nitrogen and oxygen atoms in total. The third kappa shape index (κ3) is 2.58. The molecule has 0 unspecified atom stereocenters. The summed E-state index contributed by atoms with van der Waals surface area (Å²) in [5.74, 6) is 1.06. The molecular formula is C20H22ClN3O2. The van der Waals surface area contributed by atoms with Gasteiger partial charge in [0.25, 0.3) is 11.5 Å². The van der Waals surface area contributed by atoms with Crippen molar-refractivity contribution in [3.8, 4) is 11.1 Å². The Bertz CT molecular complexity index is 953. The van der Waals surface area contributed by atoms with Crippen molar-refractivity contribution in [2.75, 3.05) is 20.1 Å². The number of amides is 1. The summed E-state index contributed by atoms with van der Waals surface area (Å²) in [6.45, 7) is 3.42. The first-order valence-electron chi connectivity index (χ1n) is 8.94. The molecule has 2 aromatic rings. The number of piperidine rings is 1. The van der Waals surface area contributed by atoms with E-state index in [0.29, 0.717) is 18.4 Å². The number of carbonyl (C=O) groups is 1. The number of nitrogens with zero attached hydrogens (tertiary/aromatic N) is 2.